The van der Waals surface area contributed by atoms with E-state index in [9.17, 15) is 27.9 Å². The number of nitrogens with zero attached hydrogens (tertiary/aromatic N) is 1. The highest BCUT2D eigenvalue weighted by molar-refractivity contribution is 5.97. The number of aliphatic hydroxyl groups is 1. The van der Waals surface area contributed by atoms with E-state index in [1.807, 2.05) is 0 Å². The molecule has 128 valence electrons. The molecule has 0 aliphatic rings. The van der Waals surface area contributed by atoms with Crippen molar-refractivity contribution >= 4 is 17.5 Å². The first kappa shape index (κ1) is 19.0. The van der Waals surface area contributed by atoms with Gasteiger partial charge in [0.15, 0.2) is 0 Å². The van der Waals surface area contributed by atoms with E-state index in [0.717, 1.165) is 17.9 Å². The molecule has 23 heavy (non-hydrogen) atoms. The van der Waals surface area contributed by atoms with Gasteiger partial charge >= 0.3 is 6.18 Å². The van der Waals surface area contributed by atoms with Gasteiger partial charge in [-0.3, -0.25) is 9.59 Å². The number of rotatable bonds is 4. The first-order chi connectivity index (χ1) is 10.3. The third kappa shape index (κ3) is 5.90. The highest BCUT2D eigenvalue weighted by Gasteiger charge is 2.32. The van der Waals surface area contributed by atoms with Crippen LogP contribution in [0.5, 0.6) is 0 Å². The number of alkyl halides is 3. The van der Waals surface area contributed by atoms with Crippen molar-refractivity contribution in [3.8, 4) is 0 Å². The molecule has 0 radical (unpaired) electrons. The van der Waals surface area contributed by atoms with Gasteiger partial charge in [0.05, 0.1) is 11.2 Å². The minimum absolute atomic E-state index is 0.0580. The Morgan fingerprint density at radius 2 is 1.78 bits per heavy atom. The van der Waals surface area contributed by atoms with E-state index in [2.05, 4.69) is 5.32 Å². The molecule has 5 nitrogen and oxygen atoms in total. The predicted molar refractivity (Wildman–Crippen MR) is 79.0 cm³/mol. The molecule has 0 saturated carbocycles. The molecule has 1 aromatic carbocycles. The third-order valence-electron chi connectivity index (χ3n) is 2.80. The van der Waals surface area contributed by atoms with Gasteiger partial charge < -0.3 is 15.3 Å². The Labute approximate surface area is 132 Å². The zero-order valence-corrected chi connectivity index (χ0v) is 13.3. The summed E-state index contributed by atoms with van der Waals surface area (Å²) >= 11 is 0. The molecule has 0 aliphatic carbocycles. The van der Waals surface area contributed by atoms with Crippen molar-refractivity contribution in [1.29, 1.82) is 0 Å². The van der Waals surface area contributed by atoms with Crippen molar-refractivity contribution in [2.45, 2.75) is 32.5 Å². The number of benzene rings is 1. The summed E-state index contributed by atoms with van der Waals surface area (Å²) < 4.78 is 38.8. The Hall–Kier alpha value is -2.09. The zero-order chi connectivity index (χ0) is 18.0. The molecule has 8 heteroatoms. The minimum Gasteiger partial charge on any atom is -0.389 e. The number of halogens is 3. The standard InChI is InChI=1S/C15H19F3N2O3/c1-9(21)19-12-6-10(5-11(7-12)15(16,17)18)13(22)20(4)8-14(2,3)23/h5-7,23H,8H2,1-4H3,(H,19,21). The average molecular weight is 332 g/mol. The van der Waals surface area contributed by atoms with E-state index >= 15 is 0 Å². The maximum absolute atomic E-state index is 12.9. The van der Waals surface area contributed by atoms with Crippen LogP contribution in [0.15, 0.2) is 18.2 Å². The summed E-state index contributed by atoms with van der Waals surface area (Å²) in [6.07, 6.45) is -4.65. The summed E-state index contributed by atoms with van der Waals surface area (Å²) in [5.74, 6) is -1.24. The highest BCUT2D eigenvalue weighted by Crippen LogP contribution is 2.32. The molecule has 2 N–H and O–H groups in total. The number of hydrogen-bond acceptors (Lipinski definition) is 3. The molecule has 1 aromatic rings. The van der Waals surface area contributed by atoms with Crippen LogP contribution in [0.4, 0.5) is 18.9 Å². The summed E-state index contributed by atoms with van der Waals surface area (Å²) in [5.41, 5.74) is -2.57. The van der Waals surface area contributed by atoms with Gasteiger partial charge in [0, 0.05) is 31.8 Å². The van der Waals surface area contributed by atoms with Crippen LogP contribution < -0.4 is 5.32 Å². The van der Waals surface area contributed by atoms with Crippen molar-refractivity contribution in [1.82, 2.24) is 4.90 Å². The average Bonchev–Trinajstić information content (AvgIpc) is 2.33. The number of hydrogen-bond donors (Lipinski definition) is 2. The van der Waals surface area contributed by atoms with Gasteiger partial charge in [-0.25, -0.2) is 0 Å². The summed E-state index contributed by atoms with van der Waals surface area (Å²) in [6, 6.07) is 2.64. The maximum atomic E-state index is 12.9. The molecule has 0 heterocycles. The quantitative estimate of drug-likeness (QED) is 0.890. The van der Waals surface area contributed by atoms with Crippen molar-refractivity contribution in [2.24, 2.45) is 0 Å². The van der Waals surface area contributed by atoms with E-state index in [0.29, 0.717) is 6.07 Å². The largest absolute Gasteiger partial charge is 0.416 e. The fourth-order valence-electron chi connectivity index (χ4n) is 2.06. The van der Waals surface area contributed by atoms with E-state index in [4.69, 9.17) is 0 Å². The van der Waals surface area contributed by atoms with Crippen molar-refractivity contribution < 1.29 is 27.9 Å². The maximum Gasteiger partial charge on any atom is 0.416 e. The van der Waals surface area contributed by atoms with Crippen LogP contribution >= 0.6 is 0 Å². The number of likely N-dealkylation sites (N-methyl/N-ethyl adjacent to an activating group) is 1. The second-order valence-corrected chi connectivity index (χ2v) is 5.95. The zero-order valence-electron chi connectivity index (χ0n) is 13.3. The second-order valence-electron chi connectivity index (χ2n) is 5.95. The minimum atomic E-state index is -4.65. The summed E-state index contributed by atoms with van der Waals surface area (Å²) in [7, 11) is 1.37. The molecule has 0 saturated heterocycles. The van der Waals surface area contributed by atoms with Gasteiger partial charge in [-0.2, -0.15) is 13.2 Å². The second kappa shape index (κ2) is 6.57. The lowest BCUT2D eigenvalue weighted by Crippen LogP contribution is -2.39. The number of nitrogens with one attached hydrogen (secondary N) is 1. The van der Waals surface area contributed by atoms with Crippen LogP contribution in [0.3, 0.4) is 0 Å². The first-order valence-electron chi connectivity index (χ1n) is 6.77. The molecular formula is C15H19F3N2O3. The Bertz CT molecular complexity index is 607. The van der Waals surface area contributed by atoms with Crippen molar-refractivity contribution in [2.75, 3.05) is 18.9 Å². The van der Waals surface area contributed by atoms with Crippen molar-refractivity contribution in [3.05, 3.63) is 29.3 Å². The predicted octanol–water partition coefficient (Wildman–Crippen LogP) is 2.51. The number of carbonyl (C=O) groups is 2. The van der Waals surface area contributed by atoms with Crippen LogP contribution in [0.2, 0.25) is 0 Å². The smallest absolute Gasteiger partial charge is 0.389 e. The van der Waals surface area contributed by atoms with Gasteiger partial charge in [0.25, 0.3) is 5.91 Å². The van der Waals surface area contributed by atoms with Gasteiger partial charge in [0.2, 0.25) is 5.91 Å². The molecule has 2 amide bonds. The van der Waals surface area contributed by atoms with E-state index < -0.39 is 29.2 Å². The lowest BCUT2D eigenvalue weighted by atomic mass is 10.1. The molecule has 0 bridgehead atoms. The van der Waals surface area contributed by atoms with Crippen LogP contribution in [0.25, 0.3) is 0 Å². The molecule has 0 fully saturated rings. The van der Waals surface area contributed by atoms with E-state index in [1.165, 1.54) is 27.0 Å². The fourth-order valence-corrected chi connectivity index (χ4v) is 2.06. The molecule has 0 unspecified atom stereocenters. The number of carbonyl (C=O) groups excluding carboxylic acids is 2. The Morgan fingerprint density at radius 1 is 1.22 bits per heavy atom. The van der Waals surface area contributed by atoms with Crippen LogP contribution in [0, 0.1) is 0 Å². The van der Waals surface area contributed by atoms with Gasteiger partial charge in [-0.15, -0.1) is 0 Å². The lowest BCUT2D eigenvalue weighted by molar-refractivity contribution is -0.137. The first-order valence-corrected chi connectivity index (χ1v) is 6.77. The van der Waals surface area contributed by atoms with Gasteiger partial charge in [-0.1, -0.05) is 0 Å². The normalized spacial score (nSPS) is 12.0. The van der Waals surface area contributed by atoms with Gasteiger partial charge in [0.1, 0.15) is 0 Å². The monoisotopic (exact) mass is 332 g/mol. The van der Waals surface area contributed by atoms with Crippen LogP contribution in [0.1, 0.15) is 36.7 Å². The van der Waals surface area contributed by atoms with Crippen LogP contribution in [-0.4, -0.2) is 41.0 Å². The summed E-state index contributed by atoms with van der Waals surface area (Å²) in [4.78, 5) is 24.4. The van der Waals surface area contributed by atoms with E-state index in [1.54, 1.807) is 0 Å². The third-order valence-corrected chi connectivity index (χ3v) is 2.80. The molecule has 0 aliphatic heterocycles. The number of amides is 2. The Morgan fingerprint density at radius 3 is 2.22 bits per heavy atom. The molecule has 0 spiro atoms. The van der Waals surface area contributed by atoms with Crippen molar-refractivity contribution in [3.63, 3.8) is 0 Å². The molecule has 1 rings (SSSR count). The van der Waals surface area contributed by atoms with Gasteiger partial charge in [-0.05, 0) is 32.0 Å². The summed E-state index contributed by atoms with van der Waals surface area (Å²) in [5, 5.41) is 12.0. The SMILES string of the molecule is CC(=O)Nc1cc(C(=O)N(C)CC(C)(C)O)cc(C(F)(F)F)c1. The Balaban J connectivity index is 3.23. The number of anilines is 1. The lowest BCUT2D eigenvalue weighted by Gasteiger charge is -2.26. The topological polar surface area (TPSA) is 69.6 Å². The Kier molecular flexibility index (Phi) is 5.42. The molecule has 0 atom stereocenters. The highest BCUT2D eigenvalue weighted by atomic mass is 19.4. The van der Waals surface area contributed by atoms with Crippen LogP contribution in [-0.2, 0) is 11.0 Å². The summed E-state index contributed by atoms with van der Waals surface area (Å²) in [6.45, 7) is 4.05. The molecular weight excluding hydrogens is 313 g/mol. The van der Waals surface area contributed by atoms with E-state index in [-0.39, 0.29) is 17.8 Å². The molecule has 0 aromatic heterocycles. The fraction of sp³-hybridized carbons (Fsp3) is 0.467.